The quantitative estimate of drug-likeness (QED) is 0.815. The minimum Gasteiger partial charge on any atom is -0.314 e. The van der Waals surface area contributed by atoms with Gasteiger partial charge in [0.1, 0.15) is 0 Å². The molecule has 1 N–H and O–H groups in total. The van der Waals surface area contributed by atoms with Crippen molar-refractivity contribution in [1.29, 1.82) is 0 Å². The van der Waals surface area contributed by atoms with Gasteiger partial charge in [0.15, 0.2) is 0 Å². The molecule has 0 aromatic heterocycles. The van der Waals surface area contributed by atoms with Crippen molar-refractivity contribution in [3.05, 3.63) is 29.8 Å². The first-order valence-corrected chi connectivity index (χ1v) is 9.67. The Morgan fingerprint density at radius 3 is 2.71 bits per heavy atom. The second-order valence-corrected chi connectivity index (χ2v) is 8.21. The van der Waals surface area contributed by atoms with Crippen LogP contribution in [0.4, 0.5) is 0 Å². The Hall–Kier alpha value is -0.470. The van der Waals surface area contributed by atoms with Crippen LogP contribution in [0.1, 0.15) is 57.4 Å². The Bertz CT molecular complexity index is 457. The monoisotopic (exact) mass is 303 g/mol. The number of nitrogens with one attached hydrogen (secondary N) is 1. The van der Waals surface area contributed by atoms with Crippen LogP contribution in [0.3, 0.4) is 0 Å². The lowest BCUT2D eigenvalue weighted by atomic mass is 9.74. The van der Waals surface area contributed by atoms with Gasteiger partial charge in [-0.05, 0) is 48.8 Å². The Balaban J connectivity index is 1.62. The summed E-state index contributed by atoms with van der Waals surface area (Å²) in [7, 11) is 0. The Labute approximate surface area is 134 Å². The number of rotatable bonds is 5. The van der Waals surface area contributed by atoms with Crippen molar-refractivity contribution >= 4 is 11.8 Å². The molecule has 1 aromatic rings. The van der Waals surface area contributed by atoms with Gasteiger partial charge >= 0.3 is 0 Å². The van der Waals surface area contributed by atoms with Crippen molar-refractivity contribution in [2.24, 2.45) is 11.8 Å². The van der Waals surface area contributed by atoms with E-state index in [2.05, 4.69) is 55.2 Å². The number of hydrogen-bond donors (Lipinski definition) is 1. The molecule has 116 valence electrons. The normalized spacial score (nSPS) is 28.8. The van der Waals surface area contributed by atoms with E-state index in [-0.39, 0.29) is 0 Å². The molecule has 0 saturated heterocycles. The van der Waals surface area contributed by atoms with Gasteiger partial charge in [-0.25, -0.2) is 0 Å². The Kier molecular flexibility index (Phi) is 5.29. The largest absolute Gasteiger partial charge is 0.314 e. The van der Waals surface area contributed by atoms with Gasteiger partial charge in [0.25, 0.3) is 0 Å². The lowest BCUT2D eigenvalue weighted by Crippen LogP contribution is -2.34. The first kappa shape index (κ1) is 15.4. The van der Waals surface area contributed by atoms with Crippen LogP contribution in [-0.2, 0) is 0 Å². The molecule has 1 fully saturated rings. The summed E-state index contributed by atoms with van der Waals surface area (Å²) in [4.78, 5) is 1.54. The summed E-state index contributed by atoms with van der Waals surface area (Å²) in [6, 6.07) is 9.69. The minimum atomic E-state index is 0.621. The lowest BCUT2D eigenvalue weighted by molar-refractivity contribution is 0.206. The first-order chi connectivity index (χ1) is 10.2. The highest BCUT2D eigenvalue weighted by Gasteiger charge is 2.31. The molecule has 2 heteroatoms. The molecule has 0 bridgehead atoms. The van der Waals surface area contributed by atoms with Crippen LogP contribution in [0.15, 0.2) is 29.2 Å². The second kappa shape index (κ2) is 7.19. The first-order valence-electron chi connectivity index (χ1n) is 8.69. The molecule has 3 rings (SSSR count). The fraction of sp³-hybridized carbons (Fsp3) is 0.684. The van der Waals surface area contributed by atoms with Gasteiger partial charge in [-0.15, -0.1) is 11.8 Å². The van der Waals surface area contributed by atoms with E-state index in [1.807, 2.05) is 0 Å². The molecule has 1 saturated carbocycles. The summed E-state index contributed by atoms with van der Waals surface area (Å²) in [6.07, 6.45) is 7.19. The molecule has 1 aliphatic heterocycles. The third-order valence-corrected chi connectivity index (χ3v) is 6.49. The minimum absolute atomic E-state index is 0.621. The van der Waals surface area contributed by atoms with Crippen LogP contribution in [0.5, 0.6) is 0 Å². The van der Waals surface area contributed by atoms with Gasteiger partial charge in [-0.2, -0.15) is 0 Å². The van der Waals surface area contributed by atoms with Crippen molar-refractivity contribution in [1.82, 2.24) is 5.32 Å². The molecule has 1 nitrogen and oxygen atoms in total. The van der Waals surface area contributed by atoms with Crippen molar-refractivity contribution in [2.75, 3.05) is 12.3 Å². The predicted molar refractivity (Wildman–Crippen MR) is 93.1 cm³/mol. The van der Waals surface area contributed by atoms with E-state index in [4.69, 9.17) is 0 Å². The smallest absolute Gasteiger partial charge is 0.0107 e. The number of fused-ring (bicyclic) bond motifs is 1. The number of hydrogen-bond acceptors (Lipinski definition) is 2. The lowest BCUT2D eigenvalue weighted by Gasteiger charge is -2.34. The van der Waals surface area contributed by atoms with Crippen molar-refractivity contribution in [3.8, 4) is 0 Å². The molecular formula is C19H29NS. The molecule has 1 heterocycles. The molecule has 0 amide bonds. The summed E-state index contributed by atoms with van der Waals surface area (Å²) in [6.45, 7) is 5.76. The topological polar surface area (TPSA) is 12.0 Å². The maximum atomic E-state index is 3.68. The molecule has 0 spiro atoms. The zero-order valence-electron chi connectivity index (χ0n) is 13.5. The molecule has 2 aliphatic rings. The highest BCUT2D eigenvalue weighted by atomic mass is 32.2. The molecule has 0 radical (unpaired) electrons. The SMILES string of the molecule is CC(C)NCC1CCCCC1CC1CSc2ccccc21. The predicted octanol–water partition coefficient (Wildman–Crippen LogP) is 5.07. The molecule has 1 aromatic carbocycles. The third-order valence-electron chi connectivity index (χ3n) is 5.24. The van der Waals surface area contributed by atoms with Crippen LogP contribution in [-0.4, -0.2) is 18.3 Å². The van der Waals surface area contributed by atoms with Crippen LogP contribution in [0.25, 0.3) is 0 Å². The van der Waals surface area contributed by atoms with E-state index in [1.165, 1.54) is 49.3 Å². The third kappa shape index (κ3) is 3.84. The van der Waals surface area contributed by atoms with Crippen molar-refractivity contribution < 1.29 is 0 Å². The second-order valence-electron chi connectivity index (χ2n) is 7.15. The maximum Gasteiger partial charge on any atom is 0.0107 e. The summed E-state index contributed by atoms with van der Waals surface area (Å²) < 4.78 is 0. The molecule has 3 unspecified atom stereocenters. The average Bonchev–Trinajstić information content (AvgIpc) is 2.90. The summed E-state index contributed by atoms with van der Waals surface area (Å²) in [5.41, 5.74) is 1.63. The molecule has 1 aliphatic carbocycles. The van der Waals surface area contributed by atoms with Gasteiger partial charge in [-0.3, -0.25) is 0 Å². The highest BCUT2D eigenvalue weighted by molar-refractivity contribution is 7.99. The van der Waals surface area contributed by atoms with Crippen LogP contribution in [0.2, 0.25) is 0 Å². The maximum absolute atomic E-state index is 3.68. The summed E-state index contributed by atoms with van der Waals surface area (Å²) in [5.74, 6) is 3.94. The van der Waals surface area contributed by atoms with Gasteiger partial charge in [0.2, 0.25) is 0 Å². The molecule has 3 atom stereocenters. The number of thioether (sulfide) groups is 1. The van der Waals surface area contributed by atoms with Crippen LogP contribution in [0, 0.1) is 11.8 Å². The van der Waals surface area contributed by atoms with Gasteiger partial charge in [0, 0.05) is 16.7 Å². The Morgan fingerprint density at radius 2 is 1.90 bits per heavy atom. The Morgan fingerprint density at radius 1 is 1.14 bits per heavy atom. The van der Waals surface area contributed by atoms with Gasteiger partial charge < -0.3 is 5.32 Å². The molecular weight excluding hydrogens is 274 g/mol. The van der Waals surface area contributed by atoms with Crippen molar-refractivity contribution in [2.45, 2.75) is 62.8 Å². The van der Waals surface area contributed by atoms with Crippen molar-refractivity contribution in [3.63, 3.8) is 0 Å². The van der Waals surface area contributed by atoms with Crippen LogP contribution >= 0.6 is 11.8 Å². The van der Waals surface area contributed by atoms with E-state index in [9.17, 15) is 0 Å². The fourth-order valence-corrected chi connectivity index (χ4v) is 5.31. The van der Waals surface area contributed by atoms with E-state index in [0.717, 1.165) is 17.8 Å². The summed E-state index contributed by atoms with van der Waals surface area (Å²) >= 11 is 2.07. The van der Waals surface area contributed by atoms with E-state index in [1.54, 1.807) is 5.56 Å². The van der Waals surface area contributed by atoms with Crippen LogP contribution < -0.4 is 5.32 Å². The van der Waals surface area contributed by atoms with E-state index in [0.29, 0.717) is 6.04 Å². The van der Waals surface area contributed by atoms with E-state index >= 15 is 0 Å². The fourth-order valence-electron chi connectivity index (χ4n) is 4.04. The standard InChI is InChI=1S/C19H29NS/c1-14(2)20-12-16-8-4-3-7-15(16)11-17-13-21-19-10-6-5-9-18(17)19/h5-6,9-10,14-17,20H,3-4,7-8,11-13H2,1-2H3. The molecule has 21 heavy (non-hydrogen) atoms. The van der Waals surface area contributed by atoms with Gasteiger partial charge in [0.05, 0.1) is 0 Å². The number of benzene rings is 1. The van der Waals surface area contributed by atoms with E-state index < -0.39 is 0 Å². The summed E-state index contributed by atoms with van der Waals surface area (Å²) in [5, 5.41) is 3.68. The zero-order chi connectivity index (χ0) is 14.7. The highest BCUT2D eigenvalue weighted by Crippen LogP contribution is 2.45. The zero-order valence-corrected chi connectivity index (χ0v) is 14.3. The van der Waals surface area contributed by atoms with Gasteiger partial charge in [-0.1, -0.05) is 51.3 Å². The average molecular weight is 304 g/mol.